The molecule has 1 fully saturated rings. The third-order valence-electron chi connectivity index (χ3n) is 6.61. The molecular formula is C25H33BN2O8S2. The fourth-order valence-electron chi connectivity index (χ4n) is 4.41. The quantitative estimate of drug-likeness (QED) is 0.357. The zero-order valence-corrected chi connectivity index (χ0v) is 23.4. The molecule has 1 atom stereocenters. The van der Waals surface area contributed by atoms with Crippen LogP contribution in [0.5, 0.6) is 0 Å². The predicted octanol–water partition coefficient (Wildman–Crippen LogP) is 0.844. The summed E-state index contributed by atoms with van der Waals surface area (Å²) in [5.74, 6) is -1.30. The van der Waals surface area contributed by atoms with Crippen molar-refractivity contribution in [2.45, 2.75) is 44.9 Å². The van der Waals surface area contributed by atoms with Crippen LogP contribution in [0.25, 0.3) is 0 Å². The Hall–Kier alpha value is -2.42. The molecule has 4 rings (SSSR count). The van der Waals surface area contributed by atoms with Crippen LogP contribution >= 0.6 is 13.5 Å². The van der Waals surface area contributed by atoms with Crippen molar-refractivity contribution in [2.75, 3.05) is 26.3 Å². The molecule has 2 aliphatic rings. The molecule has 2 aromatic rings. The molecule has 0 unspecified atom stereocenters. The minimum absolute atomic E-state index is 0. The van der Waals surface area contributed by atoms with Crippen LogP contribution in [0.4, 0.5) is 0 Å². The molecule has 2 aromatic carbocycles. The zero-order valence-electron chi connectivity index (χ0n) is 21.6. The van der Waals surface area contributed by atoms with Gasteiger partial charge in [-0.2, -0.15) is 17.8 Å². The summed E-state index contributed by atoms with van der Waals surface area (Å²) < 4.78 is 42.9. The molecule has 2 heterocycles. The topological polar surface area (TPSA) is 131 Å². The van der Waals surface area contributed by atoms with Gasteiger partial charge in [-0.1, -0.05) is 32.0 Å². The maximum Gasteiger partial charge on any atom is 0.492 e. The second kappa shape index (κ2) is 12.6. The van der Waals surface area contributed by atoms with E-state index in [0.717, 1.165) is 5.56 Å². The van der Waals surface area contributed by atoms with Gasteiger partial charge in [-0.25, -0.2) is 13.2 Å². The van der Waals surface area contributed by atoms with Gasteiger partial charge in [0.1, 0.15) is 12.6 Å². The lowest BCUT2D eigenvalue weighted by Gasteiger charge is -2.26. The van der Waals surface area contributed by atoms with Crippen molar-refractivity contribution < 1.29 is 37.2 Å². The molecule has 206 valence electrons. The molecule has 10 nitrogen and oxygen atoms in total. The molecule has 0 saturated carbocycles. The number of carbonyl (C=O) groups is 2. The number of nitrogens with one attached hydrogen (secondary N) is 1. The van der Waals surface area contributed by atoms with Gasteiger partial charge in [-0.05, 0) is 53.2 Å². The fraction of sp³-hybridized carbons (Fsp3) is 0.440. The van der Waals surface area contributed by atoms with Crippen molar-refractivity contribution in [3.63, 3.8) is 0 Å². The number of rotatable bonds is 8. The molecule has 38 heavy (non-hydrogen) atoms. The monoisotopic (exact) mass is 564 g/mol. The van der Waals surface area contributed by atoms with Gasteiger partial charge >= 0.3 is 13.1 Å². The number of carbonyl (C=O) groups excluding carboxylic acids is 2. The van der Waals surface area contributed by atoms with E-state index in [2.05, 4.69) is 5.32 Å². The Labute approximate surface area is 230 Å². The van der Waals surface area contributed by atoms with E-state index in [0.29, 0.717) is 48.5 Å². The summed E-state index contributed by atoms with van der Waals surface area (Å²) in [6.07, 6.45) is 0. The summed E-state index contributed by atoms with van der Waals surface area (Å²) in [5, 5.41) is 12.8. The van der Waals surface area contributed by atoms with Crippen LogP contribution in [0.3, 0.4) is 0 Å². The number of fused-ring (bicyclic) bond motifs is 1. The van der Waals surface area contributed by atoms with Gasteiger partial charge < -0.3 is 24.5 Å². The molecule has 13 heteroatoms. The Morgan fingerprint density at radius 1 is 1.13 bits per heavy atom. The largest absolute Gasteiger partial charge is 0.492 e. The fourth-order valence-corrected chi connectivity index (χ4v) is 5.81. The Morgan fingerprint density at radius 3 is 2.42 bits per heavy atom. The number of benzene rings is 2. The van der Waals surface area contributed by atoms with E-state index in [9.17, 15) is 23.0 Å². The smallest absolute Gasteiger partial charge is 0.459 e. The number of morpholine rings is 1. The Balaban J connectivity index is 0.00000400. The molecule has 0 spiro atoms. The lowest BCUT2D eigenvalue weighted by atomic mass is 9.75. The van der Waals surface area contributed by atoms with Crippen molar-refractivity contribution in [3.05, 3.63) is 58.7 Å². The highest BCUT2D eigenvalue weighted by atomic mass is 32.2. The van der Waals surface area contributed by atoms with E-state index in [1.54, 1.807) is 45.0 Å². The third-order valence-corrected chi connectivity index (χ3v) is 8.53. The van der Waals surface area contributed by atoms with Gasteiger partial charge in [-0.15, -0.1) is 0 Å². The summed E-state index contributed by atoms with van der Waals surface area (Å²) in [5.41, 5.74) is 2.97. The normalized spacial score (nSPS) is 16.5. The molecule has 0 aliphatic carbocycles. The zero-order chi connectivity index (χ0) is 26.7. The first-order valence-corrected chi connectivity index (χ1v) is 13.6. The van der Waals surface area contributed by atoms with Crippen molar-refractivity contribution in [1.82, 2.24) is 9.62 Å². The number of hydrogen-bond donors (Lipinski definition) is 2. The van der Waals surface area contributed by atoms with Crippen LogP contribution in [0.2, 0.25) is 0 Å². The second-order valence-electron chi connectivity index (χ2n) is 9.44. The number of sulfonamides is 1. The van der Waals surface area contributed by atoms with Gasteiger partial charge in [0, 0.05) is 18.7 Å². The SMILES string of the molecule is Cc1c(C(=O)N[C@H](C(=O)OCc2ccc(S(=O)(=O)N3CCOCC3)cc2)C(C)C)ccc2c1B(O)OC2.S. The summed E-state index contributed by atoms with van der Waals surface area (Å²) in [4.78, 5) is 26.1. The number of ether oxygens (including phenoxy) is 2. The molecule has 2 N–H and O–H groups in total. The average molecular weight is 564 g/mol. The van der Waals surface area contributed by atoms with E-state index in [1.807, 2.05) is 0 Å². The van der Waals surface area contributed by atoms with Gasteiger partial charge in [0.15, 0.2) is 0 Å². The van der Waals surface area contributed by atoms with E-state index in [-0.39, 0.29) is 37.5 Å². The van der Waals surface area contributed by atoms with E-state index in [1.165, 1.54) is 16.4 Å². The molecule has 0 radical (unpaired) electrons. The molecule has 0 aromatic heterocycles. The molecule has 2 aliphatic heterocycles. The van der Waals surface area contributed by atoms with Gasteiger partial charge in [0.2, 0.25) is 10.0 Å². The average Bonchev–Trinajstić information content (AvgIpc) is 3.27. The number of amides is 1. The van der Waals surface area contributed by atoms with Crippen LogP contribution < -0.4 is 10.8 Å². The molecule has 0 bridgehead atoms. The number of esters is 1. The summed E-state index contributed by atoms with van der Waals surface area (Å²) in [6, 6.07) is 8.67. The van der Waals surface area contributed by atoms with Crippen LogP contribution in [0.1, 0.15) is 40.9 Å². The summed E-state index contributed by atoms with van der Waals surface area (Å²) in [7, 11) is -4.69. The summed E-state index contributed by atoms with van der Waals surface area (Å²) in [6.45, 7) is 6.88. The highest BCUT2D eigenvalue weighted by molar-refractivity contribution is 7.89. The van der Waals surface area contributed by atoms with Gasteiger partial charge in [-0.3, -0.25) is 4.79 Å². The number of nitrogens with zero attached hydrogens (tertiary/aromatic N) is 1. The highest BCUT2D eigenvalue weighted by Gasteiger charge is 2.33. The maximum absolute atomic E-state index is 13.0. The maximum atomic E-state index is 13.0. The first-order valence-electron chi connectivity index (χ1n) is 12.2. The van der Waals surface area contributed by atoms with Crippen LogP contribution in [0.15, 0.2) is 41.3 Å². The Morgan fingerprint density at radius 2 is 1.79 bits per heavy atom. The number of hydrogen-bond acceptors (Lipinski definition) is 8. The van der Waals surface area contributed by atoms with Gasteiger partial charge in [0.25, 0.3) is 5.91 Å². The lowest BCUT2D eigenvalue weighted by molar-refractivity contribution is -0.148. The van der Waals surface area contributed by atoms with Crippen LogP contribution in [0, 0.1) is 12.8 Å². The molecule has 1 amide bonds. The van der Waals surface area contributed by atoms with E-state index in [4.69, 9.17) is 14.1 Å². The Kier molecular flexibility index (Phi) is 10.0. The highest BCUT2D eigenvalue weighted by Crippen LogP contribution is 2.19. The van der Waals surface area contributed by atoms with Crippen LogP contribution in [-0.2, 0) is 42.2 Å². The van der Waals surface area contributed by atoms with Crippen molar-refractivity contribution in [3.8, 4) is 0 Å². The van der Waals surface area contributed by atoms with Gasteiger partial charge in [0.05, 0.1) is 24.7 Å². The standard InChI is InChI=1S/C25H31BN2O8S.H2S/c1-16(2)23(27-24(29)21-9-6-19-15-36-26(31)22(19)17(21)3)25(30)35-14-18-4-7-20(8-5-18)37(32,33)28-10-12-34-13-11-28;/h4-9,16,23,31H,10-15H2,1-3H3,(H,27,29);1H2/t23-;/m0./s1. The van der Waals surface area contributed by atoms with Crippen molar-refractivity contribution >= 4 is 48.0 Å². The first kappa shape index (κ1) is 30.1. The summed E-state index contributed by atoms with van der Waals surface area (Å²) >= 11 is 0. The van der Waals surface area contributed by atoms with E-state index < -0.39 is 35.1 Å². The van der Waals surface area contributed by atoms with E-state index >= 15 is 0 Å². The van der Waals surface area contributed by atoms with Crippen molar-refractivity contribution in [2.24, 2.45) is 5.92 Å². The second-order valence-corrected chi connectivity index (χ2v) is 11.4. The minimum atomic E-state index is -3.61. The van der Waals surface area contributed by atoms with Crippen LogP contribution in [-0.4, -0.2) is 69.1 Å². The predicted molar refractivity (Wildman–Crippen MR) is 146 cm³/mol. The third kappa shape index (κ3) is 6.41. The first-order chi connectivity index (χ1) is 17.6. The van der Waals surface area contributed by atoms with Crippen molar-refractivity contribution in [1.29, 1.82) is 0 Å². The molecule has 1 saturated heterocycles. The minimum Gasteiger partial charge on any atom is -0.459 e. The molecular weight excluding hydrogens is 531 g/mol. The lowest BCUT2D eigenvalue weighted by Crippen LogP contribution is -2.46. The Bertz CT molecular complexity index is 1260.